The third-order valence-electron chi connectivity index (χ3n) is 10.4. The zero-order valence-corrected chi connectivity index (χ0v) is 21.9. The lowest BCUT2D eigenvalue weighted by atomic mass is 9.45. The van der Waals surface area contributed by atoms with Gasteiger partial charge in [-0.25, -0.2) is 0 Å². The van der Waals surface area contributed by atoms with E-state index in [4.69, 9.17) is 23.4 Å². The van der Waals surface area contributed by atoms with E-state index in [1.54, 1.807) is 0 Å². The van der Waals surface area contributed by atoms with E-state index in [-0.39, 0.29) is 30.5 Å². The van der Waals surface area contributed by atoms with Gasteiger partial charge in [0.05, 0.1) is 0 Å². The van der Waals surface area contributed by atoms with Crippen molar-refractivity contribution in [3.63, 3.8) is 0 Å². The molecule has 2 aliphatic heterocycles. The van der Waals surface area contributed by atoms with Gasteiger partial charge in [-0.1, -0.05) is 19.4 Å². The Kier molecular flexibility index (Phi) is 5.01. The first kappa shape index (κ1) is 22.9. The topological polar surface area (TPSA) is 63.2 Å². The summed E-state index contributed by atoms with van der Waals surface area (Å²) in [5.74, 6) is 1.05. The van der Waals surface area contributed by atoms with Crippen molar-refractivity contribution in [2.45, 2.75) is 95.9 Å². The number of carbonyl (C=O) groups excluding carboxylic acids is 1. The molecule has 8 atom stereocenters. The molecule has 7 heteroatoms. The SMILES string of the molecule is C[C@]12CCC(=O)C=C1CC[C@@H]1[C@@H]2[C@@H](O[Si](C)(C)C)C[C@@]2(C)[C@H]1CC[C@@]21OCO[C@@]12COCO2. The predicted molar refractivity (Wildman–Crippen MR) is 125 cm³/mol. The van der Waals surface area contributed by atoms with Gasteiger partial charge in [0, 0.05) is 17.9 Å². The minimum absolute atomic E-state index is 0.0515. The molecule has 2 spiro atoms. The van der Waals surface area contributed by atoms with Crippen LogP contribution in [0.2, 0.25) is 19.6 Å². The molecule has 0 radical (unpaired) electrons. The van der Waals surface area contributed by atoms with E-state index >= 15 is 0 Å². The monoisotopic (exact) mass is 476 g/mol. The van der Waals surface area contributed by atoms with Crippen molar-refractivity contribution in [3.05, 3.63) is 11.6 Å². The Labute approximate surface area is 198 Å². The van der Waals surface area contributed by atoms with Gasteiger partial charge in [0.1, 0.15) is 12.2 Å². The molecule has 0 unspecified atom stereocenters. The molecule has 0 aromatic heterocycles. The Bertz CT molecular complexity index is 869. The second kappa shape index (κ2) is 7.23. The van der Waals surface area contributed by atoms with Crippen LogP contribution in [0.4, 0.5) is 0 Å². The molecule has 6 nitrogen and oxygen atoms in total. The molecule has 0 aromatic carbocycles. The lowest BCUT2D eigenvalue weighted by Crippen LogP contribution is -2.67. The Morgan fingerprint density at radius 2 is 1.82 bits per heavy atom. The standard InChI is InChI=1S/C26H40O6Si/c1-23-10-8-18(27)12-17(23)6-7-19-20-9-11-25(26(31-16-29-25)14-28-15-30-26)24(20,2)13-21(22(19)23)32-33(3,4)5/h12,19-22H,6-11,13-16H2,1-5H3/t19-,20-,21-,22+,23-,24-,25+,26-/m0/s1. The van der Waals surface area contributed by atoms with E-state index in [9.17, 15) is 4.79 Å². The Balaban J connectivity index is 1.45. The molecule has 0 N–H and O–H groups in total. The lowest BCUT2D eigenvalue weighted by molar-refractivity contribution is -0.256. The smallest absolute Gasteiger partial charge is 0.226 e. The second-order valence-corrected chi connectivity index (χ2v) is 17.4. The first-order chi connectivity index (χ1) is 15.5. The summed E-state index contributed by atoms with van der Waals surface area (Å²) in [6.45, 7) is 12.8. The van der Waals surface area contributed by atoms with Gasteiger partial charge in [-0.2, -0.15) is 0 Å². The molecule has 0 bridgehead atoms. The molecule has 2 saturated heterocycles. The molecule has 2 heterocycles. The van der Waals surface area contributed by atoms with Gasteiger partial charge < -0.3 is 23.4 Å². The van der Waals surface area contributed by atoms with Crippen molar-refractivity contribution < 1.29 is 28.2 Å². The molecule has 184 valence electrons. The Hall–Kier alpha value is -0.573. The number of allylic oxidation sites excluding steroid dienone is 1. The minimum atomic E-state index is -1.81. The summed E-state index contributed by atoms with van der Waals surface area (Å²) < 4.78 is 31.8. The summed E-state index contributed by atoms with van der Waals surface area (Å²) in [6.07, 6.45) is 8.95. The Morgan fingerprint density at radius 1 is 1.03 bits per heavy atom. The highest BCUT2D eigenvalue weighted by Gasteiger charge is 2.77. The molecule has 6 aliphatic rings. The largest absolute Gasteiger partial charge is 0.414 e. The normalized spacial score (nSPS) is 51.5. The van der Waals surface area contributed by atoms with Crippen LogP contribution in [0, 0.1) is 28.6 Å². The number of ether oxygens (including phenoxy) is 4. The molecular formula is C26H40O6Si. The molecule has 0 aromatic rings. The third kappa shape index (κ3) is 2.99. The molecule has 5 fully saturated rings. The first-order valence-electron chi connectivity index (χ1n) is 13.0. The summed E-state index contributed by atoms with van der Waals surface area (Å²) in [7, 11) is -1.81. The fourth-order valence-corrected chi connectivity index (χ4v) is 10.3. The van der Waals surface area contributed by atoms with E-state index in [0.717, 1.165) is 38.5 Å². The van der Waals surface area contributed by atoms with Crippen molar-refractivity contribution in [1.29, 1.82) is 0 Å². The molecule has 6 rings (SSSR count). The molecule has 0 amide bonds. The number of fused-ring (bicyclic) bond motifs is 7. The summed E-state index contributed by atoms with van der Waals surface area (Å²) in [4.78, 5) is 12.3. The van der Waals surface area contributed by atoms with Crippen molar-refractivity contribution in [2.24, 2.45) is 28.6 Å². The molecular weight excluding hydrogens is 436 g/mol. The highest BCUT2D eigenvalue weighted by Crippen LogP contribution is 2.72. The van der Waals surface area contributed by atoms with Gasteiger partial charge in [0.25, 0.3) is 0 Å². The van der Waals surface area contributed by atoms with Gasteiger partial charge in [-0.15, -0.1) is 0 Å². The predicted octanol–water partition coefficient (Wildman–Crippen LogP) is 4.79. The van der Waals surface area contributed by atoms with Crippen LogP contribution in [0.3, 0.4) is 0 Å². The van der Waals surface area contributed by atoms with Crippen molar-refractivity contribution in [2.75, 3.05) is 20.2 Å². The van der Waals surface area contributed by atoms with Gasteiger partial charge in [-0.05, 0) is 87.4 Å². The summed E-state index contributed by atoms with van der Waals surface area (Å²) in [5.41, 5.74) is 0.831. The summed E-state index contributed by atoms with van der Waals surface area (Å²) in [6, 6.07) is 0. The first-order valence-corrected chi connectivity index (χ1v) is 16.4. The van der Waals surface area contributed by atoms with Crippen LogP contribution < -0.4 is 0 Å². The van der Waals surface area contributed by atoms with Crippen LogP contribution in [-0.4, -0.2) is 51.8 Å². The van der Waals surface area contributed by atoms with Gasteiger partial charge in [0.2, 0.25) is 5.79 Å². The summed E-state index contributed by atoms with van der Waals surface area (Å²) in [5, 5.41) is 0. The summed E-state index contributed by atoms with van der Waals surface area (Å²) >= 11 is 0. The Morgan fingerprint density at radius 3 is 2.55 bits per heavy atom. The highest BCUT2D eigenvalue weighted by molar-refractivity contribution is 6.69. The molecule has 4 aliphatic carbocycles. The maximum Gasteiger partial charge on any atom is 0.226 e. The van der Waals surface area contributed by atoms with Crippen LogP contribution in [0.5, 0.6) is 0 Å². The second-order valence-electron chi connectivity index (χ2n) is 12.9. The van der Waals surface area contributed by atoms with E-state index < -0.39 is 19.7 Å². The van der Waals surface area contributed by atoms with Crippen molar-refractivity contribution in [3.8, 4) is 0 Å². The number of carbonyl (C=O) groups is 1. The quantitative estimate of drug-likeness (QED) is 0.534. The average Bonchev–Trinajstić information content (AvgIpc) is 3.42. The van der Waals surface area contributed by atoms with E-state index in [1.807, 2.05) is 6.08 Å². The van der Waals surface area contributed by atoms with E-state index in [2.05, 4.69) is 33.5 Å². The van der Waals surface area contributed by atoms with Gasteiger partial charge >= 0.3 is 0 Å². The number of hydrogen-bond donors (Lipinski definition) is 0. The van der Waals surface area contributed by atoms with Crippen LogP contribution >= 0.6 is 0 Å². The van der Waals surface area contributed by atoms with E-state index in [1.165, 1.54) is 5.57 Å². The fraction of sp³-hybridized carbons (Fsp3) is 0.885. The zero-order valence-electron chi connectivity index (χ0n) is 20.9. The van der Waals surface area contributed by atoms with Crippen LogP contribution in [-0.2, 0) is 28.2 Å². The zero-order chi connectivity index (χ0) is 23.3. The maximum absolute atomic E-state index is 12.3. The fourth-order valence-electron chi connectivity index (χ4n) is 9.19. The molecule has 33 heavy (non-hydrogen) atoms. The van der Waals surface area contributed by atoms with Gasteiger partial charge in [-0.3, -0.25) is 4.79 Å². The van der Waals surface area contributed by atoms with Crippen molar-refractivity contribution >= 4 is 14.1 Å². The maximum atomic E-state index is 12.3. The lowest BCUT2D eigenvalue weighted by Gasteiger charge is -2.63. The molecule has 3 saturated carbocycles. The van der Waals surface area contributed by atoms with Crippen molar-refractivity contribution in [1.82, 2.24) is 0 Å². The van der Waals surface area contributed by atoms with Crippen LogP contribution in [0.15, 0.2) is 11.6 Å². The average molecular weight is 477 g/mol. The van der Waals surface area contributed by atoms with E-state index in [0.29, 0.717) is 36.6 Å². The number of rotatable bonds is 2. The third-order valence-corrected chi connectivity index (χ3v) is 11.4. The minimum Gasteiger partial charge on any atom is -0.414 e. The highest BCUT2D eigenvalue weighted by atomic mass is 28.4. The van der Waals surface area contributed by atoms with Crippen LogP contribution in [0.1, 0.15) is 58.8 Å². The number of ketones is 1. The van der Waals surface area contributed by atoms with Gasteiger partial charge in [0.15, 0.2) is 27.7 Å². The van der Waals surface area contributed by atoms with Crippen LogP contribution in [0.25, 0.3) is 0 Å². The number of hydrogen-bond acceptors (Lipinski definition) is 6.